The lowest BCUT2D eigenvalue weighted by atomic mass is 9.50. The van der Waals surface area contributed by atoms with Crippen molar-refractivity contribution in [3.8, 4) is 0 Å². The molecule has 0 aliphatic rings. The molecule has 0 aliphatic carbocycles. The van der Waals surface area contributed by atoms with Crippen LogP contribution in [-0.2, 0) is 0 Å². The van der Waals surface area contributed by atoms with Gasteiger partial charge in [-0.05, 0) is 12.4 Å². The van der Waals surface area contributed by atoms with Crippen molar-refractivity contribution < 1.29 is 0 Å². The zero-order valence-electron chi connectivity index (χ0n) is 6.63. The third-order valence-electron chi connectivity index (χ3n) is 1.47. The molecule has 0 unspecified atom stereocenters. The van der Waals surface area contributed by atoms with E-state index >= 15 is 0 Å². The predicted molar refractivity (Wildman–Crippen MR) is 43.9 cm³/mol. The van der Waals surface area contributed by atoms with Crippen LogP contribution in [0.1, 0.15) is 5.82 Å². The van der Waals surface area contributed by atoms with E-state index in [4.69, 9.17) is 0 Å². The van der Waals surface area contributed by atoms with E-state index in [0.29, 0.717) is 6.71 Å². The lowest BCUT2D eigenvalue weighted by Gasteiger charge is -1.99. The maximum atomic E-state index is 4.09. The molecule has 52 valence electrons. The number of rotatable bonds is 1. The average molecular weight is 134 g/mol. The minimum atomic E-state index is 0.528. The highest BCUT2D eigenvalue weighted by molar-refractivity contribution is 6.70. The van der Waals surface area contributed by atoms with E-state index in [1.807, 2.05) is 19.3 Å². The van der Waals surface area contributed by atoms with Gasteiger partial charge in [-0.3, -0.25) is 0 Å². The fraction of sp³-hybridized carbons (Fsp3) is 0.429. The van der Waals surface area contributed by atoms with Crippen LogP contribution in [0.5, 0.6) is 0 Å². The largest absolute Gasteiger partial charge is 0.242 e. The second-order valence-electron chi connectivity index (χ2n) is 2.72. The van der Waals surface area contributed by atoms with Crippen molar-refractivity contribution in [3.63, 3.8) is 0 Å². The lowest BCUT2D eigenvalue weighted by molar-refractivity contribution is 1.06. The number of hydrogen-bond donors (Lipinski definition) is 0. The van der Waals surface area contributed by atoms with Crippen LogP contribution in [0.25, 0.3) is 0 Å². The molecule has 0 amide bonds. The van der Waals surface area contributed by atoms with Crippen molar-refractivity contribution in [2.75, 3.05) is 0 Å². The zero-order valence-corrected chi connectivity index (χ0v) is 6.63. The summed E-state index contributed by atoms with van der Waals surface area (Å²) >= 11 is 0. The van der Waals surface area contributed by atoms with Crippen molar-refractivity contribution in [2.24, 2.45) is 0 Å². The minimum absolute atomic E-state index is 0.528. The van der Waals surface area contributed by atoms with Crippen LogP contribution in [0.2, 0.25) is 13.6 Å². The molecular formula is C7H11BN2. The second-order valence-corrected chi connectivity index (χ2v) is 2.72. The minimum Gasteiger partial charge on any atom is -0.242 e. The summed E-state index contributed by atoms with van der Waals surface area (Å²) in [4.78, 5) is 8.18. The van der Waals surface area contributed by atoms with Crippen molar-refractivity contribution in [3.05, 3.63) is 18.2 Å². The monoisotopic (exact) mass is 134 g/mol. The summed E-state index contributed by atoms with van der Waals surface area (Å²) in [5.41, 5.74) is 1.20. The van der Waals surface area contributed by atoms with Crippen molar-refractivity contribution in [2.45, 2.75) is 20.6 Å². The molecular weight excluding hydrogens is 123 g/mol. The van der Waals surface area contributed by atoms with Gasteiger partial charge >= 0.3 is 0 Å². The van der Waals surface area contributed by atoms with Crippen molar-refractivity contribution in [1.29, 1.82) is 0 Å². The quantitative estimate of drug-likeness (QED) is 0.529. The predicted octanol–water partition coefficient (Wildman–Crippen LogP) is 0.746. The van der Waals surface area contributed by atoms with E-state index in [1.54, 1.807) is 0 Å². The molecule has 0 atom stereocenters. The van der Waals surface area contributed by atoms with Crippen molar-refractivity contribution in [1.82, 2.24) is 9.97 Å². The van der Waals surface area contributed by atoms with Gasteiger partial charge in [0.25, 0.3) is 0 Å². The van der Waals surface area contributed by atoms with Gasteiger partial charge < -0.3 is 0 Å². The third kappa shape index (κ3) is 1.56. The molecule has 1 aromatic heterocycles. The molecule has 2 nitrogen and oxygen atoms in total. The van der Waals surface area contributed by atoms with Crippen LogP contribution in [0.4, 0.5) is 0 Å². The summed E-state index contributed by atoms with van der Waals surface area (Å²) in [5, 5.41) is 0. The highest BCUT2D eigenvalue weighted by Gasteiger charge is 2.01. The summed E-state index contributed by atoms with van der Waals surface area (Å²) in [6, 6.07) is 0. The molecule has 0 saturated carbocycles. The molecule has 1 rings (SSSR count). The Kier molecular flexibility index (Phi) is 2.04. The van der Waals surface area contributed by atoms with Crippen LogP contribution in [-0.4, -0.2) is 16.7 Å². The van der Waals surface area contributed by atoms with E-state index in [9.17, 15) is 0 Å². The van der Waals surface area contributed by atoms with Gasteiger partial charge in [0, 0.05) is 12.4 Å². The topological polar surface area (TPSA) is 25.8 Å². The smallest absolute Gasteiger partial charge is 0.173 e. The van der Waals surface area contributed by atoms with Gasteiger partial charge in [0.05, 0.1) is 0 Å². The Morgan fingerprint density at radius 1 is 1.20 bits per heavy atom. The normalized spacial score (nSPS) is 9.50. The van der Waals surface area contributed by atoms with Gasteiger partial charge in [-0.15, -0.1) is 0 Å². The molecule has 0 saturated heterocycles. The standard InChI is InChI=1S/C7H11BN2/c1-6-9-4-7(5-10-6)8(2)3/h4-5H,1-3H3. The summed E-state index contributed by atoms with van der Waals surface area (Å²) in [7, 11) is 0. The van der Waals surface area contributed by atoms with E-state index in [-0.39, 0.29) is 0 Å². The molecule has 3 heteroatoms. The maximum Gasteiger partial charge on any atom is 0.173 e. The molecule has 10 heavy (non-hydrogen) atoms. The van der Waals surface area contributed by atoms with Gasteiger partial charge in [-0.2, -0.15) is 0 Å². The first-order chi connectivity index (χ1) is 4.70. The molecule has 0 radical (unpaired) electrons. The summed E-state index contributed by atoms with van der Waals surface area (Å²) in [5.74, 6) is 0.837. The van der Waals surface area contributed by atoms with Crippen LogP contribution in [0.15, 0.2) is 12.4 Å². The Labute approximate surface area is 61.8 Å². The Hall–Kier alpha value is -0.855. The molecule has 0 fully saturated rings. The molecule has 0 aliphatic heterocycles. The fourth-order valence-corrected chi connectivity index (χ4v) is 0.701. The Morgan fingerprint density at radius 3 is 2.10 bits per heavy atom. The summed E-state index contributed by atoms with van der Waals surface area (Å²) < 4.78 is 0. The number of aryl methyl sites for hydroxylation is 1. The maximum absolute atomic E-state index is 4.09. The van der Waals surface area contributed by atoms with E-state index in [2.05, 4.69) is 23.6 Å². The van der Waals surface area contributed by atoms with Crippen LogP contribution >= 0.6 is 0 Å². The Morgan fingerprint density at radius 2 is 1.70 bits per heavy atom. The van der Waals surface area contributed by atoms with Gasteiger partial charge in [0.1, 0.15) is 5.82 Å². The number of hydrogen-bond acceptors (Lipinski definition) is 2. The van der Waals surface area contributed by atoms with Crippen LogP contribution < -0.4 is 5.46 Å². The van der Waals surface area contributed by atoms with Crippen LogP contribution in [0.3, 0.4) is 0 Å². The van der Waals surface area contributed by atoms with Crippen molar-refractivity contribution >= 4 is 12.2 Å². The molecule has 0 spiro atoms. The summed E-state index contributed by atoms with van der Waals surface area (Å²) in [6.45, 7) is 6.69. The first kappa shape index (κ1) is 7.25. The fourth-order valence-electron chi connectivity index (χ4n) is 0.701. The first-order valence-corrected chi connectivity index (χ1v) is 3.48. The van der Waals surface area contributed by atoms with Gasteiger partial charge in [0.2, 0.25) is 0 Å². The van der Waals surface area contributed by atoms with Gasteiger partial charge in [0.15, 0.2) is 6.71 Å². The molecule has 0 bridgehead atoms. The molecule has 1 heterocycles. The van der Waals surface area contributed by atoms with Crippen LogP contribution in [0, 0.1) is 6.92 Å². The highest BCUT2D eigenvalue weighted by Crippen LogP contribution is 1.84. The highest BCUT2D eigenvalue weighted by atomic mass is 14.8. The Bertz CT molecular complexity index is 205. The summed E-state index contributed by atoms with van der Waals surface area (Å²) in [6.07, 6.45) is 3.76. The molecule has 0 N–H and O–H groups in total. The third-order valence-corrected chi connectivity index (χ3v) is 1.47. The Balaban J connectivity index is 2.89. The number of nitrogens with zero attached hydrogens (tertiary/aromatic N) is 2. The second kappa shape index (κ2) is 2.82. The van der Waals surface area contributed by atoms with Gasteiger partial charge in [-0.25, -0.2) is 9.97 Å². The zero-order chi connectivity index (χ0) is 7.56. The first-order valence-electron chi connectivity index (χ1n) is 3.48. The molecule has 1 aromatic rings. The average Bonchev–Trinajstić information content (AvgIpc) is 1.88. The number of aromatic nitrogens is 2. The van der Waals surface area contributed by atoms with E-state index < -0.39 is 0 Å². The lowest BCUT2D eigenvalue weighted by Crippen LogP contribution is -2.23. The van der Waals surface area contributed by atoms with Gasteiger partial charge in [-0.1, -0.05) is 13.6 Å². The molecule has 0 aromatic carbocycles. The SMILES string of the molecule is CB(C)c1cnc(C)nc1. The van der Waals surface area contributed by atoms with E-state index in [1.165, 1.54) is 5.46 Å². The van der Waals surface area contributed by atoms with E-state index in [0.717, 1.165) is 5.82 Å².